The van der Waals surface area contributed by atoms with Crippen LogP contribution in [0.4, 0.5) is 5.69 Å². The fraction of sp³-hybridized carbons (Fsp3) is 0.786. The van der Waals surface area contributed by atoms with Crippen LogP contribution in [0.1, 0.15) is 102 Å². The number of rotatable bonds is 5. The van der Waals surface area contributed by atoms with Crippen molar-refractivity contribution in [2.45, 2.75) is 121 Å². The van der Waals surface area contributed by atoms with Gasteiger partial charge in [0.25, 0.3) is 0 Å². The first-order valence-corrected chi connectivity index (χ1v) is 13.6. The first-order chi connectivity index (χ1) is 15.2. The third kappa shape index (κ3) is 5.47. The standard InChI is InChI=1S/C28H47N3/c1-3-4-18-27-29-23-28(31(27)26-17-13-12-14-24(26)2)19-21-30(22-20-28)25-15-10-8-6-5-7-9-11-16-25/h12-14,17,25,27,29H,3-11,15-16,18-23H2,1-2H3. The quantitative estimate of drug-likeness (QED) is 0.570. The molecule has 3 nitrogen and oxygen atoms in total. The van der Waals surface area contributed by atoms with Gasteiger partial charge in [-0.25, -0.2) is 0 Å². The monoisotopic (exact) mass is 425 g/mol. The minimum atomic E-state index is 0.303. The lowest BCUT2D eigenvalue weighted by molar-refractivity contribution is 0.106. The summed E-state index contributed by atoms with van der Waals surface area (Å²) in [6.07, 6.45) is 20.1. The number of hydrogen-bond donors (Lipinski definition) is 1. The van der Waals surface area contributed by atoms with Crippen molar-refractivity contribution in [2.24, 2.45) is 0 Å². The van der Waals surface area contributed by atoms with Crippen LogP contribution in [0.25, 0.3) is 0 Å². The van der Waals surface area contributed by atoms with Crippen molar-refractivity contribution >= 4 is 5.69 Å². The van der Waals surface area contributed by atoms with Crippen LogP contribution in [0.2, 0.25) is 0 Å². The minimum Gasteiger partial charge on any atom is -0.349 e. The van der Waals surface area contributed by atoms with E-state index in [0.717, 1.165) is 12.6 Å². The van der Waals surface area contributed by atoms with E-state index in [1.807, 2.05) is 0 Å². The summed E-state index contributed by atoms with van der Waals surface area (Å²) in [6.45, 7) is 8.35. The van der Waals surface area contributed by atoms with Gasteiger partial charge in [-0.2, -0.15) is 0 Å². The molecular weight excluding hydrogens is 378 g/mol. The highest BCUT2D eigenvalue weighted by atomic mass is 15.4. The fourth-order valence-corrected chi connectivity index (χ4v) is 6.58. The van der Waals surface area contributed by atoms with Crippen molar-refractivity contribution in [2.75, 3.05) is 24.5 Å². The lowest BCUT2D eigenvalue weighted by Crippen LogP contribution is -2.57. The van der Waals surface area contributed by atoms with Gasteiger partial charge in [0, 0.05) is 31.4 Å². The van der Waals surface area contributed by atoms with E-state index in [4.69, 9.17) is 0 Å². The molecule has 0 amide bonds. The maximum absolute atomic E-state index is 3.96. The summed E-state index contributed by atoms with van der Waals surface area (Å²) < 4.78 is 0. The van der Waals surface area contributed by atoms with Gasteiger partial charge in [-0.05, 0) is 50.7 Å². The maximum atomic E-state index is 3.96. The number of likely N-dealkylation sites (tertiary alicyclic amines) is 1. The van der Waals surface area contributed by atoms with E-state index in [9.17, 15) is 0 Å². The van der Waals surface area contributed by atoms with Crippen LogP contribution in [0.15, 0.2) is 24.3 Å². The van der Waals surface area contributed by atoms with Crippen molar-refractivity contribution in [3.8, 4) is 0 Å². The van der Waals surface area contributed by atoms with Crippen LogP contribution >= 0.6 is 0 Å². The molecule has 1 aliphatic carbocycles. The Bertz CT molecular complexity index is 654. The summed E-state index contributed by atoms with van der Waals surface area (Å²) in [4.78, 5) is 5.73. The molecule has 1 saturated carbocycles. The Morgan fingerprint density at radius 3 is 2.23 bits per heavy atom. The molecule has 2 heterocycles. The van der Waals surface area contributed by atoms with Gasteiger partial charge >= 0.3 is 0 Å². The van der Waals surface area contributed by atoms with Crippen molar-refractivity contribution in [3.05, 3.63) is 29.8 Å². The Morgan fingerprint density at radius 2 is 1.58 bits per heavy atom. The van der Waals surface area contributed by atoms with Gasteiger partial charge in [-0.1, -0.05) is 82.9 Å². The smallest absolute Gasteiger partial charge is 0.0803 e. The third-order valence-electron chi connectivity index (χ3n) is 8.52. The Kier molecular flexibility index (Phi) is 8.34. The Balaban J connectivity index is 1.46. The van der Waals surface area contributed by atoms with Gasteiger partial charge in [0.15, 0.2) is 0 Å². The van der Waals surface area contributed by atoms with E-state index in [1.54, 1.807) is 0 Å². The molecule has 31 heavy (non-hydrogen) atoms. The molecule has 2 aliphatic heterocycles. The van der Waals surface area contributed by atoms with E-state index in [1.165, 1.54) is 114 Å². The fourth-order valence-electron chi connectivity index (χ4n) is 6.58. The van der Waals surface area contributed by atoms with Gasteiger partial charge in [-0.15, -0.1) is 0 Å². The van der Waals surface area contributed by atoms with Gasteiger partial charge in [0.05, 0.1) is 11.7 Å². The van der Waals surface area contributed by atoms with Crippen molar-refractivity contribution in [1.29, 1.82) is 0 Å². The molecule has 3 heteroatoms. The second-order valence-electron chi connectivity index (χ2n) is 10.7. The molecule has 4 rings (SSSR count). The third-order valence-corrected chi connectivity index (χ3v) is 8.52. The molecule has 1 aromatic rings. The molecule has 1 aromatic carbocycles. The summed E-state index contributed by atoms with van der Waals surface area (Å²) in [5.74, 6) is 0. The van der Waals surface area contributed by atoms with Gasteiger partial charge in [0.1, 0.15) is 0 Å². The molecule has 2 saturated heterocycles. The highest BCUT2D eigenvalue weighted by Gasteiger charge is 2.48. The van der Waals surface area contributed by atoms with Crippen LogP contribution in [-0.4, -0.2) is 42.3 Å². The highest BCUT2D eigenvalue weighted by Crippen LogP contribution is 2.41. The average Bonchev–Trinajstić information content (AvgIpc) is 3.14. The van der Waals surface area contributed by atoms with Crippen LogP contribution in [0.5, 0.6) is 0 Å². The molecular formula is C28H47N3. The van der Waals surface area contributed by atoms with Crippen LogP contribution in [-0.2, 0) is 0 Å². The molecule has 3 aliphatic rings. The maximum Gasteiger partial charge on any atom is 0.0803 e. The highest BCUT2D eigenvalue weighted by molar-refractivity contribution is 5.57. The van der Waals surface area contributed by atoms with E-state index < -0.39 is 0 Å². The Hall–Kier alpha value is -1.06. The Labute approximate surface area is 192 Å². The number of piperidine rings is 1. The van der Waals surface area contributed by atoms with Crippen LogP contribution in [0, 0.1) is 6.92 Å². The number of benzene rings is 1. The Morgan fingerprint density at radius 1 is 0.935 bits per heavy atom. The molecule has 0 radical (unpaired) electrons. The average molecular weight is 426 g/mol. The molecule has 0 bridgehead atoms. The lowest BCUT2D eigenvalue weighted by atomic mass is 9.84. The van der Waals surface area contributed by atoms with E-state index in [2.05, 4.69) is 53.2 Å². The van der Waals surface area contributed by atoms with Crippen molar-refractivity contribution in [3.63, 3.8) is 0 Å². The van der Waals surface area contributed by atoms with Crippen LogP contribution in [0.3, 0.4) is 0 Å². The number of hydrogen-bond acceptors (Lipinski definition) is 3. The van der Waals surface area contributed by atoms with Crippen molar-refractivity contribution in [1.82, 2.24) is 10.2 Å². The number of aryl methyl sites for hydroxylation is 1. The first kappa shape index (κ1) is 23.1. The molecule has 174 valence electrons. The molecule has 1 unspecified atom stereocenters. The zero-order valence-corrected chi connectivity index (χ0v) is 20.4. The summed E-state index contributed by atoms with van der Waals surface area (Å²) in [5.41, 5.74) is 3.21. The molecule has 1 atom stereocenters. The molecule has 3 fully saturated rings. The normalized spacial score (nSPS) is 26.4. The lowest BCUT2D eigenvalue weighted by Gasteiger charge is -2.49. The molecule has 0 aromatic heterocycles. The summed E-state index contributed by atoms with van der Waals surface area (Å²) in [6, 6.07) is 9.94. The molecule has 1 spiro atoms. The second kappa shape index (κ2) is 11.2. The van der Waals surface area contributed by atoms with E-state index in [0.29, 0.717) is 11.7 Å². The van der Waals surface area contributed by atoms with Crippen molar-refractivity contribution < 1.29 is 0 Å². The molecule has 1 N–H and O–H groups in total. The van der Waals surface area contributed by atoms with E-state index in [-0.39, 0.29) is 0 Å². The van der Waals surface area contributed by atoms with E-state index >= 15 is 0 Å². The summed E-state index contributed by atoms with van der Waals surface area (Å²) in [5, 5.41) is 3.96. The SMILES string of the molecule is CCCCC1NCC2(CCN(C3CCCCCCCCC3)CC2)N1c1ccccc1C. The number of nitrogens with zero attached hydrogens (tertiary/aromatic N) is 2. The van der Waals surface area contributed by atoms with Gasteiger partial charge in [0.2, 0.25) is 0 Å². The number of para-hydroxylation sites is 1. The predicted octanol–water partition coefficient (Wildman–Crippen LogP) is 6.65. The number of unbranched alkanes of at least 4 members (excludes halogenated alkanes) is 1. The number of anilines is 1. The van der Waals surface area contributed by atoms with Gasteiger partial charge < -0.3 is 9.80 Å². The van der Waals surface area contributed by atoms with Gasteiger partial charge in [-0.3, -0.25) is 5.32 Å². The second-order valence-corrected chi connectivity index (χ2v) is 10.7. The zero-order valence-electron chi connectivity index (χ0n) is 20.4. The minimum absolute atomic E-state index is 0.303. The predicted molar refractivity (Wildman–Crippen MR) is 134 cm³/mol. The topological polar surface area (TPSA) is 18.5 Å². The summed E-state index contributed by atoms with van der Waals surface area (Å²) >= 11 is 0. The summed E-state index contributed by atoms with van der Waals surface area (Å²) in [7, 11) is 0. The van der Waals surface area contributed by atoms with Crippen LogP contribution < -0.4 is 10.2 Å². The largest absolute Gasteiger partial charge is 0.349 e. The number of nitrogens with one attached hydrogen (secondary N) is 1. The zero-order chi connectivity index (χ0) is 21.5. The first-order valence-electron chi connectivity index (χ1n) is 13.6.